The molecule has 272 valence electrons. The molecule has 0 saturated carbocycles. The minimum absolute atomic E-state index is 0.190. The van der Waals surface area contributed by atoms with Crippen LogP contribution in [-0.2, 0) is 16.1 Å². The first-order chi connectivity index (χ1) is 26.7. The molecule has 4 aromatic heterocycles. The first-order valence-electron chi connectivity index (χ1n) is 18.1. The van der Waals surface area contributed by atoms with E-state index in [1.165, 1.54) is 4.90 Å². The number of imide groups is 1. The molecule has 0 bridgehead atoms. The molecule has 1 fully saturated rings. The van der Waals surface area contributed by atoms with Crippen LogP contribution >= 0.6 is 0 Å². The smallest absolute Gasteiger partial charge is 0.269 e. The van der Waals surface area contributed by atoms with Crippen LogP contribution in [0.4, 0.5) is 0 Å². The van der Waals surface area contributed by atoms with E-state index in [0.29, 0.717) is 47.3 Å². The van der Waals surface area contributed by atoms with Crippen molar-refractivity contribution < 1.29 is 24.0 Å². The lowest BCUT2D eigenvalue weighted by molar-refractivity contribution is -0.136. The average molecular weight is 730 g/mol. The number of carbonyl (C=O) groups excluding carboxylic acids is 5. The maximum Gasteiger partial charge on any atom is 0.269 e. The fourth-order valence-corrected chi connectivity index (χ4v) is 7.25. The predicted octanol–water partition coefficient (Wildman–Crippen LogP) is 5.71. The zero-order valence-corrected chi connectivity index (χ0v) is 30.1. The highest BCUT2D eigenvalue weighted by molar-refractivity contribution is 6.06. The third-order valence-electron chi connectivity index (χ3n) is 10.1. The van der Waals surface area contributed by atoms with Gasteiger partial charge in [0.1, 0.15) is 11.7 Å². The largest absolute Gasteiger partial charge is 0.359 e. The number of pyridine rings is 3. The molecule has 12 nitrogen and oxygen atoms in total. The second kappa shape index (κ2) is 14.4. The van der Waals surface area contributed by atoms with Gasteiger partial charge < -0.3 is 15.2 Å². The number of rotatable bonds is 8. The molecule has 3 N–H and O–H groups in total. The number of aromatic nitrogens is 4. The van der Waals surface area contributed by atoms with Gasteiger partial charge in [0.25, 0.3) is 11.8 Å². The van der Waals surface area contributed by atoms with Crippen LogP contribution in [0.25, 0.3) is 44.3 Å². The number of fused-ring (bicyclic) bond motifs is 3. The lowest BCUT2D eigenvalue weighted by atomic mass is 9.97. The van der Waals surface area contributed by atoms with Gasteiger partial charge in [-0.15, -0.1) is 0 Å². The number of carbonyl (C=O) groups is 5. The Balaban J connectivity index is 0.919. The SMILES string of the molecule is CC(C)c1cc(-c2cccc3cc(-c4ccc(C(=O)NCCC#Cc5cccc6c5CN(C5CCC(=O)NC5=O)C6=O)nc4)ncc23)nc2c(C=O)c[nH]c12. The number of nitrogens with one attached hydrogen (secondary N) is 3. The van der Waals surface area contributed by atoms with Crippen molar-refractivity contribution in [1.82, 2.24) is 35.5 Å². The molecule has 2 aliphatic heterocycles. The molecule has 0 spiro atoms. The molecule has 12 heteroatoms. The van der Waals surface area contributed by atoms with Gasteiger partial charge in [0.2, 0.25) is 11.8 Å². The molecule has 2 aromatic carbocycles. The molecule has 1 unspecified atom stereocenters. The second-order valence-corrected chi connectivity index (χ2v) is 13.9. The number of aldehydes is 1. The minimum Gasteiger partial charge on any atom is -0.359 e. The number of piperidine rings is 1. The summed E-state index contributed by atoms with van der Waals surface area (Å²) < 4.78 is 0. The minimum atomic E-state index is -0.693. The Hall–Kier alpha value is -7.00. The summed E-state index contributed by atoms with van der Waals surface area (Å²) in [5.41, 5.74) is 8.44. The van der Waals surface area contributed by atoms with Gasteiger partial charge in [-0.2, -0.15) is 0 Å². The Kier molecular flexibility index (Phi) is 9.20. The van der Waals surface area contributed by atoms with Crippen LogP contribution in [0.5, 0.6) is 0 Å². The summed E-state index contributed by atoms with van der Waals surface area (Å²) in [6.07, 6.45) is 6.80. The fourth-order valence-electron chi connectivity index (χ4n) is 7.25. The van der Waals surface area contributed by atoms with Gasteiger partial charge in [-0.25, -0.2) is 4.98 Å². The average Bonchev–Trinajstić information content (AvgIpc) is 3.77. The Bertz CT molecular complexity index is 2630. The molecule has 1 atom stereocenters. The maximum absolute atomic E-state index is 13.1. The van der Waals surface area contributed by atoms with Crippen LogP contribution in [0.3, 0.4) is 0 Å². The van der Waals surface area contributed by atoms with E-state index in [4.69, 9.17) is 9.97 Å². The maximum atomic E-state index is 13.1. The quantitative estimate of drug-likeness (QED) is 0.0776. The summed E-state index contributed by atoms with van der Waals surface area (Å²) in [6, 6.07) is 18.1. The highest BCUT2D eigenvalue weighted by Crippen LogP contribution is 2.35. The molecule has 6 aromatic rings. The molecule has 1 saturated heterocycles. The number of aromatic amines is 1. The highest BCUT2D eigenvalue weighted by Gasteiger charge is 2.39. The molecule has 2 aliphatic rings. The molecule has 55 heavy (non-hydrogen) atoms. The van der Waals surface area contributed by atoms with Crippen LogP contribution in [0.15, 0.2) is 79.3 Å². The van der Waals surface area contributed by atoms with Gasteiger partial charge in [0.15, 0.2) is 6.29 Å². The van der Waals surface area contributed by atoms with Crippen LogP contribution in [-0.4, -0.2) is 67.3 Å². The molecule has 0 radical (unpaired) electrons. The lowest BCUT2D eigenvalue weighted by Crippen LogP contribution is -2.52. The van der Waals surface area contributed by atoms with Gasteiger partial charge in [-0.3, -0.25) is 39.3 Å². The van der Waals surface area contributed by atoms with E-state index in [0.717, 1.165) is 50.5 Å². The van der Waals surface area contributed by atoms with Crippen molar-refractivity contribution in [1.29, 1.82) is 0 Å². The number of benzene rings is 2. The Morgan fingerprint density at radius 3 is 2.64 bits per heavy atom. The third kappa shape index (κ3) is 6.61. The Morgan fingerprint density at radius 2 is 1.85 bits per heavy atom. The van der Waals surface area contributed by atoms with E-state index in [-0.39, 0.29) is 42.3 Å². The Labute approximate surface area is 315 Å². The second-order valence-electron chi connectivity index (χ2n) is 13.9. The number of nitrogens with zero attached hydrogens (tertiary/aromatic N) is 4. The van der Waals surface area contributed by atoms with E-state index in [1.807, 2.05) is 42.6 Å². The zero-order chi connectivity index (χ0) is 38.2. The molecular formula is C43H35N7O5. The Morgan fingerprint density at radius 1 is 1.02 bits per heavy atom. The molecular weight excluding hydrogens is 695 g/mol. The standard InChI is InChI=1S/C43H35N7O5/c1-24(2)31-18-36(48-39-28(23-51)20-47-40(31)39)29-10-6-9-26-17-35(46-21-32(26)29)27-12-13-34(45-19-27)41(53)44-16-4-3-7-25-8-5-11-30-33(25)22-50(43(30)55)37-14-15-38(52)49-42(37)54/h5-6,8-13,17-21,23-24,37,47H,4,14-16,22H2,1-2H3,(H,44,53)(H,49,52,54). The van der Waals surface area contributed by atoms with Crippen molar-refractivity contribution in [3.8, 4) is 34.4 Å². The van der Waals surface area contributed by atoms with Crippen molar-refractivity contribution in [3.05, 3.63) is 113 Å². The molecule has 4 amide bonds. The zero-order valence-electron chi connectivity index (χ0n) is 30.1. The van der Waals surface area contributed by atoms with Crippen LogP contribution in [0.2, 0.25) is 0 Å². The van der Waals surface area contributed by atoms with Crippen molar-refractivity contribution in [2.24, 2.45) is 0 Å². The van der Waals surface area contributed by atoms with Crippen molar-refractivity contribution in [2.45, 2.75) is 51.6 Å². The van der Waals surface area contributed by atoms with Gasteiger partial charge in [-0.05, 0) is 65.3 Å². The van der Waals surface area contributed by atoms with Gasteiger partial charge in [0.05, 0.1) is 28.0 Å². The lowest BCUT2D eigenvalue weighted by Gasteiger charge is -2.29. The van der Waals surface area contributed by atoms with E-state index in [1.54, 1.807) is 30.6 Å². The summed E-state index contributed by atoms with van der Waals surface area (Å²) >= 11 is 0. The third-order valence-corrected chi connectivity index (χ3v) is 10.1. The van der Waals surface area contributed by atoms with E-state index in [2.05, 4.69) is 52.4 Å². The normalized spacial score (nSPS) is 15.2. The summed E-state index contributed by atoms with van der Waals surface area (Å²) in [6.45, 7) is 4.76. The van der Waals surface area contributed by atoms with E-state index >= 15 is 0 Å². The molecule has 0 aliphatic carbocycles. The van der Waals surface area contributed by atoms with Crippen molar-refractivity contribution in [3.63, 3.8) is 0 Å². The summed E-state index contributed by atoms with van der Waals surface area (Å²) in [4.78, 5) is 80.5. The molecule has 8 rings (SSSR count). The van der Waals surface area contributed by atoms with Gasteiger partial charge in [0, 0.05) is 72.2 Å². The summed E-state index contributed by atoms with van der Waals surface area (Å²) in [7, 11) is 0. The van der Waals surface area contributed by atoms with Crippen LogP contribution < -0.4 is 10.6 Å². The van der Waals surface area contributed by atoms with Crippen LogP contribution in [0.1, 0.15) is 86.9 Å². The number of H-pyrrole nitrogens is 1. The topological polar surface area (TPSA) is 167 Å². The fraction of sp³-hybridized carbons (Fsp3) is 0.209. The highest BCUT2D eigenvalue weighted by atomic mass is 16.2. The van der Waals surface area contributed by atoms with Crippen molar-refractivity contribution >= 4 is 51.7 Å². The first kappa shape index (κ1) is 35.1. The van der Waals surface area contributed by atoms with Crippen LogP contribution in [0, 0.1) is 11.8 Å². The van der Waals surface area contributed by atoms with E-state index in [9.17, 15) is 24.0 Å². The first-order valence-corrected chi connectivity index (χ1v) is 18.1. The number of hydrogen-bond donors (Lipinski definition) is 3. The summed E-state index contributed by atoms with van der Waals surface area (Å²) in [5.74, 6) is 5.03. The van der Waals surface area contributed by atoms with Gasteiger partial charge in [-0.1, -0.05) is 50.0 Å². The van der Waals surface area contributed by atoms with Crippen molar-refractivity contribution in [2.75, 3.05) is 6.54 Å². The predicted molar refractivity (Wildman–Crippen MR) is 206 cm³/mol. The number of amides is 4. The monoisotopic (exact) mass is 729 g/mol. The number of hydrogen-bond acceptors (Lipinski definition) is 8. The summed E-state index contributed by atoms with van der Waals surface area (Å²) in [5, 5.41) is 7.05. The van der Waals surface area contributed by atoms with Gasteiger partial charge >= 0.3 is 0 Å². The molecule has 6 heterocycles. The van der Waals surface area contributed by atoms with E-state index < -0.39 is 11.9 Å².